The minimum atomic E-state index is -1.08. The number of hydroxylamine groups is 1. The third-order valence-electron chi connectivity index (χ3n) is 5.34. The molecule has 2 amide bonds. The number of rotatable bonds is 6. The molecule has 1 aromatic carbocycles. The van der Waals surface area contributed by atoms with Crippen molar-refractivity contribution < 1.29 is 38.1 Å². The number of hydrogen-bond donors (Lipinski definition) is 2. The Bertz CT molecular complexity index is 799. The topological polar surface area (TPSA) is 106 Å². The summed E-state index contributed by atoms with van der Waals surface area (Å²) in [5.41, 5.74) is 3.31. The van der Waals surface area contributed by atoms with Gasteiger partial charge in [-0.2, -0.15) is 0 Å². The number of benzene rings is 1. The van der Waals surface area contributed by atoms with E-state index in [-0.39, 0.29) is 13.2 Å². The van der Waals surface area contributed by atoms with Crippen LogP contribution >= 0.6 is 0 Å². The Labute approximate surface area is 181 Å². The summed E-state index contributed by atoms with van der Waals surface area (Å²) in [5.74, 6) is -1.91. The van der Waals surface area contributed by atoms with E-state index in [1.165, 1.54) is 0 Å². The van der Waals surface area contributed by atoms with Crippen LogP contribution in [0.3, 0.4) is 0 Å². The number of carbonyl (C=O) groups is 1. The summed E-state index contributed by atoms with van der Waals surface area (Å²) < 4.78 is 35.1. The minimum absolute atomic E-state index is 0.0576. The molecule has 4 atom stereocenters. The predicted molar refractivity (Wildman–Crippen MR) is 107 cm³/mol. The Morgan fingerprint density at radius 1 is 1.10 bits per heavy atom. The second-order valence-electron chi connectivity index (χ2n) is 8.72. The van der Waals surface area contributed by atoms with Gasteiger partial charge in [-0.15, -0.1) is 0 Å². The number of urea groups is 1. The summed E-state index contributed by atoms with van der Waals surface area (Å²) in [6.45, 7) is 7.93. The number of methoxy groups -OCH3 is 1. The number of carbonyl (C=O) groups excluding carboxylic acids is 1. The average Bonchev–Trinajstić information content (AvgIpc) is 3.30. The Kier molecular flexibility index (Phi) is 5.88. The molecule has 31 heavy (non-hydrogen) atoms. The van der Waals surface area contributed by atoms with Gasteiger partial charge in [-0.3, -0.25) is 4.84 Å². The maximum Gasteiger partial charge on any atom is 0.338 e. The lowest BCUT2D eigenvalue weighted by molar-refractivity contribution is -0.299. The lowest BCUT2D eigenvalue weighted by atomic mass is 10.1. The monoisotopic (exact) mass is 438 g/mol. The number of hydrogen-bond acceptors (Lipinski definition) is 8. The van der Waals surface area contributed by atoms with E-state index in [0.717, 1.165) is 11.3 Å². The fraction of sp³-hybridized carbons (Fsp3) is 0.667. The van der Waals surface area contributed by atoms with Crippen molar-refractivity contribution in [3.63, 3.8) is 0 Å². The normalized spacial score (nSPS) is 32.7. The van der Waals surface area contributed by atoms with Gasteiger partial charge in [-0.1, -0.05) is 12.1 Å². The Morgan fingerprint density at radius 2 is 1.84 bits per heavy atom. The zero-order chi connectivity index (χ0) is 22.3. The van der Waals surface area contributed by atoms with E-state index in [1.54, 1.807) is 7.11 Å². The van der Waals surface area contributed by atoms with Crippen molar-refractivity contribution >= 4 is 6.03 Å². The molecule has 172 valence electrons. The second kappa shape index (κ2) is 8.19. The summed E-state index contributed by atoms with van der Waals surface area (Å²) in [5, 5.41) is 2.72. The first-order valence-electron chi connectivity index (χ1n) is 10.3. The highest BCUT2D eigenvalue weighted by atomic mass is 16.9. The fourth-order valence-electron chi connectivity index (χ4n) is 4.02. The molecule has 0 aromatic heterocycles. The Balaban J connectivity index is 1.28. The number of amides is 2. The SMILES string of the molecule is COc1ccc(CNC(=O)NOC[C@H]2OC3(COC(C)(C)O3)[C@@H]3OC(C)(C)O[C@@H]32)cc1. The number of nitrogens with one attached hydrogen (secondary N) is 2. The quantitative estimate of drug-likeness (QED) is 0.648. The summed E-state index contributed by atoms with van der Waals surface area (Å²) in [6, 6.07) is 6.93. The van der Waals surface area contributed by atoms with Crippen LogP contribution in [0.25, 0.3) is 0 Å². The van der Waals surface area contributed by atoms with Gasteiger partial charge in [0.2, 0.25) is 5.79 Å². The first-order chi connectivity index (χ1) is 14.6. The van der Waals surface area contributed by atoms with Crippen molar-refractivity contribution in [3.05, 3.63) is 29.8 Å². The molecule has 3 saturated heterocycles. The summed E-state index contributed by atoms with van der Waals surface area (Å²) >= 11 is 0. The molecule has 10 heteroatoms. The van der Waals surface area contributed by atoms with Crippen molar-refractivity contribution in [2.24, 2.45) is 0 Å². The highest BCUT2D eigenvalue weighted by Crippen LogP contribution is 2.49. The molecule has 1 spiro atoms. The third-order valence-corrected chi connectivity index (χ3v) is 5.34. The van der Waals surface area contributed by atoms with Crippen LogP contribution in [-0.2, 0) is 35.1 Å². The smallest absolute Gasteiger partial charge is 0.338 e. The molecule has 2 N–H and O–H groups in total. The molecule has 1 unspecified atom stereocenters. The van der Waals surface area contributed by atoms with Crippen LogP contribution in [-0.4, -0.2) is 62.0 Å². The van der Waals surface area contributed by atoms with E-state index in [4.69, 9.17) is 33.3 Å². The van der Waals surface area contributed by atoms with Crippen LogP contribution in [0.2, 0.25) is 0 Å². The summed E-state index contributed by atoms with van der Waals surface area (Å²) in [4.78, 5) is 17.5. The van der Waals surface area contributed by atoms with E-state index >= 15 is 0 Å². The minimum Gasteiger partial charge on any atom is -0.497 e. The maximum absolute atomic E-state index is 12.1. The van der Waals surface area contributed by atoms with E-state index in [0.29, 0.717) is 6.54 Å². The van der Waals surface area contributed by atoms with Crippen LogP contribution in [0.1, 0.15) is 33.3 Å². The highest BCUT2D eigenvalue weighted by molar-refractivity contribution is 5.72. The van der Waals surface area contributed by atoms with E-state index < -0.39 is 41.7 Å². The first-order valence-corrected chi connectivity index (χ1v) is 10.3. The molecule has 3 fully saturated rings. The van der Waals surface area contributed by atoms with Crippen molar-refractivity contribution in [2.75, 3.05) is 20.3 Å². The van der Waals surface area contributed by atoms with Gasteiger partial charge in [0, 0.05) is 6.54 Å². The Hall–Kier alpha value is -1.95. The van der Waals surface area contributed by atoms with Crippen molar-refractivity contribution in [1.82, 2.24) is 10.8 Å². The van der Waals surface area contributed by atoms with Crippen molar-refractivity contribution in [2.45, 2.75) is 69.9 Å². The highest BCUT2D eigenvalue weighted by Gasteiger charge is 2.67. The van der Waals surface area contributed by atoms with Gasteiger partial charge >= 0.3 is 6.03 Å². The molecule has 3 aliphatic rings. The van der Waals surface area contributed by atoms with Crippen LogP contribution in [0.5, 0.6) is 5.75 Å². The van der Waals surface area contributed by atoms with Gasteiger partial charge < -0.3 is 33.7 Å². The molecule has 3 aliphatic heterocycles. The molecule has 4 rings (SSSR count). The first kappa shape index (κ1) is 22.3. The van der Waals surface area contributed by atoms with E-state index in [1.807, 2.05) is 52.0 Å². The van der Waals surface area contributed by atoms with E-state index in [9.17, 15) is 4.79 Å². The largest absolute Gasteiger partial charge is 0.497 e. The van der Waals surface area contributed by atoms with Crippen molar-refractivity contribution in [1.29, 1.82) is 0 Å². The standard InChI is InChI=1S/C21H30N2O8/c1-19(2)26-12-21(31-19)17-16(29-20(3,4)30-17)15(28-21)11-27-23-18(24)22-10-13-6-8-14(25-5)9-7-13/h6-9,15-17H,10-12H2,1-5H3,(H2,22,23,24)/t15-,16-,17-,21?/m1/s1. The van der Waals surface area contributed by atoms with Gasteiger partial charge in [-0.25, -0.2) is 10.3 Å². The second-order valence-corrected chi connectivity index (χ2v) is 8.72. The zero-order valence-corrected chi connectivity index (χ0v) is 18.4. The molecule has 3 heterocycles. The van der Waals surface area contributed by atoms with Crippen molar-refractivity contribution in [3.8, 4) is 5.75 Å². The Morgan fingerprint density at radius 3 is 2.48 bits per heavy atom. The molecule has 0 bridgehead atoms. The average molecular weight is 438 g/mol. The van der Waals surface area contributed by atoms with E-state index in [2.05, 4.69) is 10.8 Å². The van der Waals surface area contributed by atoms with Gasteiger partial charge in [-0.05, 0) is 45.4 Å². The predicted octanol–water partition coefficient (Wildman–Crippen LogP) is 1.82. The number of fused-ring (bicyclic) bond motifs is 2. The maximum atomic E-state index is 12.1. The van der Waals surface area contributed by atoms with Gasteiger partial charge in [0.15, 0.2) is 11.6 Å². The number of ether oxygens (including phenoxy) is 6. The van der Waals surface area contributed by atoms with Crippen LogP contribution in [0, 0.1) is 0 Å². The molecule has 0 aliphatic carbocycles. The van der Waals surface area contributed by atoms with Gasteiger partial charge in [0.25, 0.3) is 0 Å². The lowest BCUT2D eigenvalue weighted by Gasteiger charge is -2.30. The third kappa shape index (κ3) is 4.79. The van der Waals surface area contributed by atoms with Crippen LogP contribution in [0.4, 0.5) is 4.79 Å². The molecular formula is C21H30N2O8. The van der Waals surface area contributed by atoms with Gasteiger partial charge in [0.05, 0.1) is 7.11 Å². The zero-order valence-electron chi connectivity index (χ0n) is 18.4. The van der Waals surface area contributed by atoms with Crippen LogP contribution < -0.4 is 15.5 Å². The molecule has 10 nitrogen and oxygen atoms in total. The summed E-state index contributed by atoms with van der Waals surface area (Å²) in [7, 11) is 1.60. The molecule has 0 radical (unpaired) electrons. The molecule has 0 saturated carbocycles. The fourth-order valence-corrected chi connectivity index (χ4v) is 4.02. The lowest BCUT2D eigenvalue weighted by Crippen LogP contribution is -2.46. The molecule has 1 aromatic rings. The summed E-state index contributed by atoms with van der Waals surface area (Å²) in [6.07, 6.45) is -1.40. The molecular weight excluding hydrogens is 408 g/mol. The van der Waals surface area contributed by atoms with Crippen LogP contribution in [0.15, 0.2) is 24.3 Å². The van der Waals surface area contributed by atoms with Gasteiger partial charge in [0.1, 0.15) is 37.3 Å².